The fourth-order valence-corrected chi connectivity index (χ4v) is 19.3. The van der Waals surface area contributed by atoms with Gasteiger partial charge < -0.3 is 19.6 Å². The van der Waals surface area contributed by atoms with Gasteiger partial charge in [0.25, 0.3) is 0 Å². The van der Waals surface area contributed by atoms with Gasteiger partial charge in [-0.15, -0.1) is 0 Å². The average Bonchev–Trinajstić information content (AvgIpc) is 1.49. The van der Waals surface area contributed by atoms with Crippen molar-refractivity contribution >= 4 is 89.8 Å². The van der Waals surface area contributed by atoms with Gasteiger partial charge in [-0.3, -0.25) is 0 Å². The fraction of sp³-hybridized carbons (Fsp3) is 0.115. The smallest absolute Gasteiger partial charge is 0.0540 e. The lowest BCUT2D eigenvalue weighted by atomic mass is 9.67. The molecule has 0 heterocycles. The van der Waals surface area contributed by atoms with Gasteiger partial charge >= 0.3 is 0 Å². The van der Waals surface area contributed by atoms with Crippen molar-refractivity contribution in [2.75, 3.05) is 19.6 Å². The van der Waals surface area contributed by atoms with Crippen molar-refractivity contribution in [3.8, 4) is 55.6 Å². The van der Waals surface area contributed by atoms with Gasteiger partial charge in [0.15, 0.2) is 0 Å². The summed E-state index contributed by atoms with van der Waals surface area (Å²) < 4.78 is 0. The topological polar surface area (TPSA) is 13.0 Å². The van der Waals surface area contributed by atoms with Crippen LogP contribution in [0.3, 0.4) is 0 Å². The van der Waals surface area contributed by atoms with Gasteiger partial charge in [0.05, 0.1) is 11.4 Å². The summed E-state index contributed by atoms with van der Waals surface area (Å²) in [6.07, 6.45) is 12.6. The minimum absolute atomic E-state index is 0.0877. The van der Waals surface area contributed by atoms with E-state index in [-0.39, 0.29) is 10.8 Å². The van der Waals surface area contributed by atoms with Crippen molar-refractivity contribution in [2.24, 2.45) is 0 Å². The van der Waals surface area contributed by atoms with E-state index in [2.05, 4.69) is 396 Å². The van der Waals surface area contributed by atoms with Crippen molar-refractivity contribution < 1.29 is 0 Å². The lowest BCUT2D eigenvalue weighted by molar-refractivity contribution is 0.353. The molecule has 16 aromatic rings. The van der Waals surface area contributed by atoms with Gasteiger partial charge in [-0.2, -0.15) is 0 Å². The third-order valence-corrected chi connectivity index (χ3v) is 24.2. The normalized spacial score (nSPS) is 14.3. The Kier molecular flexibility index (Phi) is 16.4. The Morgan fingerprint density at radius 2 is 0.417 bits per heavy atom. The van der Waals surface area contributed by atoms with Gasteiger partial charge in [-0.05, 0) is 260 Å². The highest BCUT2D eigenvalue weighted by Gasteiger charge is 2.45. The highest BCUT2D eigenvalue weighted by Crippen LogP contribution is 2.59. The van der Waals surface area contributed by atoms with Crippen LogP contribution in [0.5, 0.6) is 0 Å². The Morgan fingerprint density at radius 1 is 0.167 bits per heavy atom. The van der Waals surface area contributed by atoms with Crippen molar-refractivity contribution in [1.29, 1.82) is 0 Å². The Labute approximate surface area is 634 Å². The van der Waals surface area contributed by atoms with Gasteiger partial charge in [-0.1, -0.05) is 269 Å². The molecule has 20 rings (SSSR count). The van der Waals surface area contributed by atoms with E-state index in [4.69, 9.17) is 0 Å². The van der Waals surface area contributed by atoms with Crippen LogP contribution in [-0.2, 0) is 10.8 Å². The molecule has 518 valence electrons. The largest absolute Gasteiger partial charge is 0.311 e. The summed E-state index contributed by atoms with van der Waals surface area (Å²) in [5, 5.41) is 4.91. The molecular formula is C104H82N4. The molecule has 2 spiro atoms. The number of fused-ring (bicyclic) bond motifs is 12. The molecule has 4 heteroatoms. The first-order valence-electron chi connectivity index (χ1n) is 38.9. The van der Waals surface area contributed by atoms with E-state index in [0.29, 0.717) is 0 Å². The van der Waals surface area contributed by atoms with Crippen LogP contribution in [0.1, 0.15) is 86.5 Å². The van der Waals surface area contributed by atoms with E-state index in [1.807, 2.05) is 0 Å². The van der Waals surface area contributed by atoms with E-state index in [0.717, 1.165) is 79.4 Å². The van der Waals surface area contributed by atoms with Crippen molar-refractivity contribution in [2.45, 2.75) is 75.0 Å². The molecule has 0 saturated heterocycles. The summed E-state index contributed by atoms with van der Waals surface area (Å²) in [6, 6.07) is 140. The third kappa shape index (κ3) is 11.1. The molecule has 2 fully saturated rings. The van der Waals surface area contributed by atoms with Crippen LogP contribution in [0.2, 0.25) is 0 Å². The first-order chi connectivity index (χ1) is 53.5. The average molecular weight is 1390 g/mol. The Morgan fingerprint density at radius 3 is 0.769 bits per heavy atom. The van der Waals surface area contributed by atoms with Crippen LogP contribution >= 0.6 is 0 Å². The van der Waals surface area contributed by atoms with E-state index >= 15 is 0 Å². The Hall–Kier alpha value is -12.8. The second kappa shape index (κ2) is 27.3. The van der Waals surface area contributed by atoms with Crippen LogP contribution in [0.15, 0.2) is 376 Å². The van der Waals surface area contributed by atoms with Gasteiger partial charge in [0, 0.05) is 78.5 Å². The van der Waals surface area contributed by atoms with Crippen LogP contribution in [0.25, 0.3) is 77.2 Å². The number of hydrogen-bond acceptors (Lipinski definition) is 4. The second-order valence-corrected chi connectivity index (χ2v) is 30.1. The molecule has 108 heavy (non-hydrogen) atoms. The maximum atomic E-state index is 2.55. The number of benzene rings is 16. The molecule has 2 saturated carbocycles. The second-order valence-electron chi connectivity index (χ2n) is 30.1. The molecule has 0 N–H and O–H groups in total. The van der Waals surface area contributed by atoms with Gasteiger partial charge in [0.2, 0.25) is 0 Å². The predicted octanol–water partition coefficient (Wildman–Crippen LogP) is 29.3. The van der Waals surface area contributed by atoms with Crippen LogP contribution in [0, 0.1) is 0 Å². The van der Waals surface area contributed by atoms with E-state index in [1.54, 1.807) is 0 Å². The lowest BCUT2D eigenvalue weighted by Crippen LogP contribution is -2.28. The lowest BCUT2D eigenvalue weighted by Gasteiger charge is -2.36. The summed E-state index contributed by atoms with van der Waals surface area (Å²) in [4.78, 5) is 9.57. The maximum Gasteiger partial charge on any atom is 0.0540 e. The quantitative estimate of drug-likeness (QED) is 0.101. The summed E-state index contributed by atoms with van der Waals surface area (Å²) in [5.41, 5.74) is 32.4. The zero-order chi connectivity index (χ0) is 71.5. The summed E-state index contributed by atoms with van der Waals surface area (Å²) >= 11 is 0. The zero-order valence-electron chi connectivity index (χ0n) is 60.7. The molecule has 0 aromatic heterocycles. The van der Waals surface area contributed by atoms with Crippen molar-refractivity contribution in [3.05, 3.63) is 398 Å². The summed E-state index contributed by atoms with van der Waals surface area (Å²) in [7, 11) is 0. The molecule has 4 aliphatic carbocycles. The molecule has 4 nitrogen and oxygen atoms in total. The molecule has 0 radical (unpaired) electrons. The van der Waals surface area contributed by atoms with Crippen LogP contribution in [-0.4, -0.2) is 0 Å². The van der Waals surface area contributed by atoms with Gasteiger partial charge in [0.1, 0.15) is 0 Å². The SMILES string of the molecule is c1ccc(N(c2ccc(-c3ccc(N(c4ccccc4)c4ccc(N(c5ccccc5)c5ccc(-c6ccc7c(c6)C6(CCCCC6)c6ccccc6-7)c6ccccc56)cc4)cc3)cc2)c2ccc(N(c3ccccc3)c3ccc(-c4ccc5c(c4)C4(CCCCC4)c4ccccc4-5)c4ccccc34)cc2)cc1. The zero-order valence-corrected chi connectivity index (χ0v) is 60.7. The fourth-order valence-electron chi connectivity index (χ4n) is 19.3. The highest BCUT2D eigenvalue weighted by atomic mass is 15.2. The third-order valence-electron chi connectivity index (χ3n) is 24.2. The van der Waals surface area contributed by atoms with Gasteiger partial charge in [-0.25, -0.2) is 0 Å². The maximum absolute atomic E-state index is 2.55. The number of nitrogens with zero attached hydrogens (tertiary/aromatic N) is 4. The molecule has 0 amide bonds. The van der Waals surface area contributed by atoms with E-state index < -0.39 is 0 Å². The van der Waals surface area contributed by atoms with Crippen molar-refractivity contribution in [1.82, 2.24) is 0 Å². The molecule has 16 aromatic carbocycles. The summed E-state index contributed by atoms with van der Waals surface area (Å²) in [6.45, 7) is 0. The van der Waals surface area contributed by atoms with E-state index in [9.17, 15) is 0 Å². The Bertz CT molecular complexity index is 5610. The monoisotopic (exact) mass is 1390 g/mol. The molecule has 0 atom stereocenters. The first-order valence-corrected chi connectivity index (χ1v) is 38.9. The van der Waals surface area contributed by atoms with E-state index in [1.165, 1.54) is 153 Å². The molecule has 0 aliphatic heterocycles. The minimum atomic E-state index is 0.0877. The van der Waals surface area contributed by atoms with Crippen LogP contribution in [0.4, 0.5) is 68.2 Å². The predicted molar refractivity (Wildman–Crippen MR) is 455 cm³/mol. The molecule has 4 aliphatic rings. The Balaban J connectivity index is 0.590. The molecule has 0 bridgehead atoms. The van der Waals surface area contributed by atoms with Crippen LogP contribution < -0.4 is 19.6 Å². The first kappa shape index (κ1) is 64.8. The highest BCUT2D eigenvalue weighted by molar-refractivity contribution is 6.08. The molecule has 0 unspecified atom stereocenters. The van der Waals surface area contributed by atoms with Crippen molar-refractivity contribution in [3.63, 3.8) is 0 Å². The minimum Gasteiger partial charge on any atom is -0.311 e. The number of hydrogen-bond donors (Lipinski definition) is 0. The number of rotatable bonds is 15. The standard InChI is InChI=1S/C104H82N4/c1-7-27-77(28-8-1)105(83-53-57-85(58-54-83)107(79-31-11-3-12-32-79)101-65-63-87(89-35-15-17-39-95(89)101)75-47-61-93-91-37-19-21-41-97(91)103(99(93)71-75)67-23-5-24-68-103)81-49-43-73(44-50-81)74-45-51-82(52-46-74)106(78-29-9-2-10-30-78)84-55-59-86(60-56-84)108(80-33-13-4-14-34-80)102-66-64-88(90-36-16-18-40-96(90)102)76-48-62-94-92-38-20-22-42-98(92)104(100(94)72-76)69-25-6-26-70-104/h1-4,7-22,27-66,71-72H,5-6,23-26,67-70H2. The number of anilines is 12. The summed E-state index contributed by atoms with van der Waals surface area (Å²) in [5.74, 6) is 0. The number of para-hydroxylation sites is 4. The molecular weight excluding hydrogens is 1310 g/mol.